The first-order valence-corrected chi connectivity index (χ1v) is 8.75. The van der Waals surface area contributed by atoms with Gasteiger partial charge in [-0.25, -0.2) is 4.98 Å². The van der Waals surface area contributed by atoms with Crippen LogP contribution in [0.3, 0.4) is 0 Å². The molecule has 1 fully saturated rings. The Morgan fingerprint density at radius 3 is 2.88 bits per heavy atom. The normalized spacial score (nSPS) is 16.2. The summed E-state index contributed by atoms with van der Waals surface area (Å²) in [5, 5.41) is 1.16. The number of hydrogen-bond donors (Lipinski definition) is 0. The molecule has 5 heteroatoms. The predicted molar refractivity (Wildman–Crippen MR) is 93.9 cm³/mol. The average molecular weight is 325 g/mol. The zero-order chi connectivity index (χ0) is 16.4. The molecule has 3 aromatic rings. The Bertz CT molecular complexity index is 837. The Kier molecular flexibility index (Phi) is 4.45. The lowest BCUT2D eigenvalue weighted by molar-refractivity contribution is 0.0603. The van der Waals surface area contributed by atoms with Crippen LogP contribution in [-0.4, -0.2) is 34.4 Å². The molecule has 0 atom stereocenters. The molecule has 1 aliphatic heterocycles. The second-order valence-corrected chi connectivity index (χ2v) is 6.34. The van der Waals surface area contributed by atoms with Crippen molar-refractivity contribution in [1.29, 1.82) is 0 Å². The van der Waals surface area contributed by atoms with E-state index >= 15 is 0 Å². The van der Waals surface area contributed by atoms with Crippen LogP contribution < -0.4 is 0 Å². The summed E-state index contributed by atoms with van der Waals surface area (Å²) in [7, 11) is 0. The van der Waals surface area contributed by atoms with Gasteiger partial charge in [-0.3, -0.25) is 4.98 Å². The van der Waals surface area contributed by atoms with Crippen LogP contribution in [-0.2, 0) is 22.6 Å². The van der Waals surface area contributed by atoms with Crippen LogP contribution in [0, 0.1) is 5.92 Å². The molecular formula is C19H23N3O2. The monoisotopic (exact) mass is 325 g/mol. The molecule has 0 N–H and O–H groups in total. The molecule has 4 rings (SSSR count). The van der Waals surface area contributed by atoms with Crippen LogP contribution >= 0.6 is 0 Å². The van der Waals surface area contributed by atoms with Crippen molar-refractivity contribution in [1.82, 2.24) is 14.5 Å². The lowest BCUT2D eigenvalue weighted by Gasteiger charge is -2.23. The van der Waals surface area contributed by atoms with E-state index in [-0.39, 0.29) is 0 Å². The van der Waals surface area contributed by atoms with Crippen molar-refractivity contribution in [2.45, 2.75) is 32.9 Å². The van der Waals surface area contributed by atoms with E-state index < -0.39 is 0 Å². The van der Waals surface area contributed by atoms with E-state index in [1.165, 1.54) is 5.52 Å². The lowest BCUT2D eigenvalue weighted by Crippen LogP contribution is -2.21. The minimum absolute atomic E-state index is 0.544. The fraction of sp³-hybridized carbons (Fsp3) is 0.474. The number of rotatable bonds is 5. The van der Waals surface area contributed by atoms with Crippen molar-refractivity contribution in [3.05, 3.63) is 36.3 Å². The highest BCUT2D eigenvalue weighted by Gasteiger charge is 2.20. The van der Waals surface area contributed by atoms with Crippen molar-refractivity contribution in [3.8, 4) is 0 Å². The van der Waals surface area contributed by atoms with Crippen molar-refractivity contribution >= 4 is 21.9 Å². The standard InChI is InChI=1S/C19H23N3O2/c1-2-23-13-18-21-17-11-20-16-6-4-3-5-15(16)19(17)22(18)12-14-7-9-24-10-8-14/h3-6,11,14H,2,7-10,12-13H2,1H3. The van der Waals surface area contributed by atoms with E-state index in [2.05, 4.69) is 27.8 Å². The molecule has 2 aromatic heterocycles. The Hall–Kier alpha value is -1.98. The molecule has 0 unspecified atom stereocenters. The summed E-state index contributed by atoms with van der Waals surface area (Å²) in [4.78, 5) is 9.36. The van der Waals surface area contributed by atoms with Crippen LogP contribution in [0.15, 0.2) is 30.5 Å². The van der Waals surface area contributed by atoms with Gasteiger partial charge in [-0.05, 0) is 31.7 Å². The molecule has 0 radical (unpaired) electrons. The number of hydrogen-bond acceptors (Lipinski definition) is 4. The van der Waals surface area contributed by atoms with Gasteiger partial charge < -0.3 is 14.0 Å². The van der Waals surface area contributed by atoms with Gasteiger partial charge in [0.15, 0.2) is 0 Å². The molecule has 1 aliphatic rings. The summed E-state index contributed by atoms with van der Waals surface area (Å²) in [5.74, 6) is 1.62. The van der Waals surface area contributed by atoms with Gasteiger partial charge in [-0.2, -0.15) is 0 Å². The van der Waals surface area contributed by atoms with Crippen LogP contribution in [0.1, 0.15) is 25.6 Å². The van der Waals surface area contributed by atoms with Crippen LogP contribution in [0.5, 0.6) is 0 Å². The number of imidazole rings is 1. The summed E-state index contributed by atoms with van der Waals surface area (Å²) < 4.78 is 13.5. The van der Waals surface area contributed by atoms with Gasteiger partial charge in [0, 0.05) is 31.8 Å². The Labute approximate surface area is 141 Å². The zero-order valence-corrected chi connectivity index (χ0v) is 14.1. The van der Waals surface area contributed by atoms with Gasteiger partial charge in [0.25, 0.3) is 0 Å². The molecule has 0 aliphatic carbocycles. The van der Waals surface area contributed by atoms with Crippen molar-refractivity contribution in [2.75, 3.05) is 19.8 Å². The number of fused-ring (bicyclic) bond motifs is 3. The second-order valence-electron chi connectivity index (χ2n) is 6.34. The summed E-state index contributed by atoms with van der Waals surface area (Å²) >= 11 is 0. The molecule has 126 valence electrons. The second kappa shape index (κ2) is 6.87. The minimum atomic E-state index is 0.544. The van der Waals surface area contributed by atoms with Gasteiger partial charge in [0.05, 0.1) is 17.2 Å². The van der Waals surface area contributed by atoms with Crippen molar-refractivity contribution in [2.24, 2.45) is 5.92 Å². The minimum Gasteiger partial charge on any atom is -0.381 e. The van der Waals surface area contributed by atoms with Gasteiger partial charge in [0.2, 0.25) is 0 Å². The molecule has 0 spiro atoms. The first kappa shape index (κ1) is 15.5. The maximum Gasteiger partial charge on any atom is 0.136 e. The summed E-state index contributed by atoms with van der Waals surface area (Å²) in [6.07, 6.45) is 4.10. The van der Waals surface area contributed by atoms with Crippen LogP contribution in [0.2, 0.25) is 0 Å². The summed E-state index contributed by atoms with van der Waals surface area (Å²) in [6.45, 7) is 5.95. The van der Waals surface area contributed by atoms with E-state index in [4.69, 9.17) is 14.5 Å². The largest absolute Gasteiger partial charge is 0.381 e. The number of para-hydroxylation sites is 1. The fourth-order valence-electron chi connectivity index (χ4n) is 3.50. The fourth-order valence-corrected chi connectivity index (χ4v) is 3.50. The first-order chi connectivity index (χ1) is 11.9. The lowest BCUT2D eigenvalue weighted by atomic mass is 10.00. The van der Waals surface area contributed by atoms with Gasteiger partial charge >= 0.3 is 0 Å². The number of aromatic nitrogens is 3. The maximum atomic E-state index is 5.66. The van der Waals surface area contributed by atoms with E-state index in [1.807, 2.05) is 19.2 Å². The van der Waals surface area contributed by atoms with Crippen LogP contribution in [0.4, 0.5) is 0 Å². The summed E-state index contributed by atoms with van der Waals surface area (Å²) in [5.41, 5.74) is 3.15. The predicted octanol–water partition coefficient (Wildman–Crippen LogP) is 3.55. The van der Waals surface area contributed by atoms with E-state index in [0.717, 1.165) is 54.8 Å². The quantitative estimate of drug-likeness (QED) is 0.720. The number of ether oxygens (including phenoxy) is 2. The first-order valence-electron chi connectivity index (χ1n) is 8.75. The SMILES string of the molecule is CCOCc1nc2cnc3ccccc3c2n1CC1CCOCC1. The van der Waals surface area contributed by atoms with E-state index in [9.17, 15) is 0 Å². The third-order valence-corrected chi connectivity index (χ3v) is 4.78. The molecular weight excluding hydrogens is 302 g/mol. The Morgan fingerprint density at radius 2 is 2.04 bits per heavy atom. The highest BCUT2D eigenvalue weighted by Crippen LogP contribution is 2.27. The highest BCUT2D eigenvalue weighted by molar-refractivity contribution is 6.02. The summed E-state index contributed by atoms with van der Waals surface area (Å²) in [6, 6.07) is 8.29. The van der Waals surface area contributed by atoms with Crippen molar-refractivity contribution < 1.29 is 9.47 Å². The molecule has 0 amide bonds. The molecule has 3 heterocycles. The third-order valence-electron chi connectivity index (χ3n) is 4.78. The zero-order valence-electron chi connectivity index (χ0n) is 14.1. The van der Waals surface area contributed by atoms with E-state index in [0.29, 0.717) is 19.1 Å². The van der Waals surface area contributed by atoms with Gasteiger partial charge in [-0.15, -0.1) is 0 Å². The number of nitrogens with zero attached hydrogens (tertiary/aromatic N) is 3. The Morgan fingerprint density at radius 1 is 1.21 bits per heavy atom. The Balaban J connectivity index is 1.83. The smallest absolute Gasteiger partial charge is 0.136 e. The highest BCUT2D eigenvalue weighted by atomic mass is 16.5. The van der Waals surface area contributed by atoms with Crippen LogP contribution in [0.25, 0.3) is 21.9 Å². The molecule has 24 heavy (non-hydrogen) atoms. The average Bonchev–Trinajstić information content (AvgIpc) is 2.99. The maximum absolute atomic E-state index is 5.66. The molecule has 0 saturated carbocycles. The molecule has 0 bridgehead atoms. The topological polar surface area (TPSA) is 49.2 Å². The molecule has 1 aromatic carbocycles. The van der Waals surface area contributed by atoms with Gasteiger partial charge in [-0.1, -0.05) is 18.2 Å². The molecule has 5 nitrogen and oxygen atoms in total. The van der Waals surface area contributed by atoms with E-state index in [1.54, 1.807) is 0 Å². The van der Waals surface area contributed by atoms with Crippen molar-refractivity contribution in [3.63, 3.8) is 0 Å². The van der Waals surface area contributed by atoms with Gasteiger partial charge in [0.1, 0.15) is 17.9 Å². The number of pyridine rings is 1. The molecule has 1 saturated heterocycles. The number of benzene rings is 1. The third kappa shape index (κ3) is 2.89.